The van der Waals surface area contributed by atoms with Gasteiger partial charge in [0.1, 0.15) is 0 Å². The van der Waals surface area contributed by atoms with Crippen molar-refractivity contribution >= 4 is 0 Å². The Hall–Kier alpha value is -0.440. The van der Waals surface area contributed by atoms with Crippen LogP contribution in [0.1, 0.15) is 38.5 Å². The zero-order chi connectivity index (χ0) is 10.5. The topological polar surface area (TPSA) is 3.24 Å². The Bertz CT molecular complexity index is 285. The Morgan fingerprint density at radius 2 is 1.73 bits per heavy atom. The second kappa shape index (κ2) is 3.27. The lowest BCUT2D eigenvalue weighted by atomic mass is 9.61. The maximum absolute atomic E-state index is 12.3. The third-order valence-corrected chi connectivity index (χ3v) is 4.37. The summed E-state index contributed by atoms with van der Waals surface area (Å²) < 4.78 is 24.6. The van der Waals surface area contributed by atoms with Crippen LogP contribution in [0.5, 0.6) is 0 Å². The highest BCUT2D eigenvalue weighted by Crippen LogP contribution is 2.54. The molecule has 2 saturated carbocycles. The van der Waals surface area contributed by atoms with Gasteiger partial charge in [0.2, 0.25) is 0 Å². The molecule has 3 aliphatic rings. The van der Waals surface area contributed by atoms with Gasteiger partial charge in [0, 0.05) is 6.04 Å². The number of rotatable bonds is 1. The third-order valence-electron chi connectivity index (χ3n) is 4.37. The van der Waals surface area contributed by atoms with E-state index in [4.69, 9.17) is 0 Å². The van der Waals surface area contributed by atoms with E-state index in [1.54, 1.807) is 0 Å². The molecule has 1 nitrogen and oxygen atoms in total. The summed E-state index contributed by atoms with van der Waals surface area (Å²) in [5.74, 6) is 0. The van der Waals surface area contributed by atoms with Crippen LogP contribution in [0.3, 0.4) is 0 Å². The number of hydrogen-bond donors (Lipinski definition) is 0. The van der Waals surface area contributed by atoms with Gasteiger partial charge in [0.25, 0.3) is 6.08 Å². The highest BCUT2D eigenvalue weighted by Gasteiger charge is 2.46. The first-order valence-electron chi connectivity index (χ1n) is 5.96. The highest BCUT2D eigenvalue weighted by atomic mass is 19.3. The van der Waals surface area contributed by atoms with Crippen LogP contribution in [-0.2, 0) is 0 Å². The van der Waals surface area contributed by atoms with Gasteiger partial charge in [0.15, 0.2) is 0 Å². The first kappa shape index (κ1) is 9.76. The number of nitrogens with zero attached hydrogens (tertiary/aromatic N) is 1. The predicted molar refractivity (Wildman–Crippen MR) is 54.7 cm³/mol. The minimum Gasteiger partial charge on any atom is -0.300 e. The second-order valence-electron chi connectivity index (χ2n) is 5.48. The molecule has 15 heavy (non-hydrogen) atoms. The van der Waals surface area contributed by atoms with Gasteiger partial charge in [-0.2, -0.15) is 8.78 Å². The molecule has 3 heteroatoms. The molecule has 0 radical (unpaired) electrons. The van der Waals surface area contributed by atoms with Gasteiger partial charge in [0.05, 0.1) is 0 Å². The lowest BCUT2D eigenvalue weighted by molar-refractivity contribution is 0.0605. The predicted octanol–water partition coefficient (Wildman–Crippen LogP) is 3.18. The normalized spacial score (nSPS) is 30.4. The SMILES string of the molecule is FC(F)=C1CC2(CCN(C3CC3)CC2)C1. The molecule has 84 valence electrons. The quantitative estimate of drug-likeness (QED) is 0.646. The number of halogens is 2. The summed E-state index contributed by atoms with van der Waals surface area (Å²) in [4.78, 5) is 2.55. The van der Waals surface area contributed by atoms with Crippen molar-refractivity contribution in [1.82, 2.24) is 4.90 Å². The number of piperidine rings is 1. The maximum Gasteiger partial charge on any atom is 0.269 e. The molecule has 0 atom stereocenters. The van der Waals surface area contributed by atoms with Gasteiger partial charge in [-0.15, -0.1) is 0 Å². The highest BCUT2D eigenvalue weighted by molar-refractivity contribution is 5.20. The molecule has 1 spiro atoms. The summed E-state index contributed by atoms with van der Waals surface area (Å²) in [6.07, 6.45) is 4.93. The van der Waals surface area contributed by atoms with Crippen LogP contribution in [0, 0.1) is 5.41 Å². The van der Waals surface area contributed by atoms with Crippen molar-refractivity contribution in [2.45, 2.75) is 44.6 Å². The van der Waals surface area contributed by atoms with Crippen LogP contribution in [-0.4, -0.2) is 24.0 Å². The maximum atomic E-state index is 12.3. The Balaban J connectivity index is 1.56. The van der Waals surface area contributed by atoms with Crippen molar-refractivity contribution in [3.8, 4) is 0 Å². The van der Waals surface area contributed by atoms with Crippen LogP contribution < -0.4 is 0 Å². The van der Waals surface area contributed by atoms with E-state index >= 15 is 0 Å². The summed E-state index contributed by atoms with van der Waals surface area (Å²) in [5, 5.41) is 0. The van der Waals surface area contributed by atoms with E-state index in [1.165, 1.54) is 12.8 Å². The fourth-order valence-corrected chi connectivity index (χ4v) is 3.14. The van der Waals surface area contributed by atoms with E-state index < -0.39 is 6.08 Å². The van der Waals surface area contributed by atoms with E-state index in [1.807, 2.05) is 0 Å². The smallest absolute Gasteiger partial charge is 0.269 e. The van der Waals surface area contributed by atoms with Crippen LogP contribution in [0.15, 0.2) is 11.7 Å². The van der Waals surface area contributed by atoms with Crippen LogP contribution in [0.25, 0.3) is 0 Å². The second-order valence-corrected chi connectivity index (χ2v) is 5.48. The van der Waals surface area contributed by atoms with E-state index in [9.17, 15) is 8.78 Å². The number of likely N-dealkylation sites (tertiary alicyclic amines) is 1. The van der Waals surface area contributed by atoms with Gasteiger partial charge in [-0.1, -0.05) is 0 Å². The molecular formula is C12H17F2N. The fourth-order valence-electron chi connectivity index (χ4n) is 3.14. The zero-order valence-electron chi connectivity index (χ0n) is 8.94. The summed E-state index contributed by atoms with van der Waals surface area (Å²) >= 11 is 0. The molecule has 3 rings (SSSR count). The monoisotopic (exact) mass is 213 g/mol. The van der Waals surface area contributed by atoms with Crippen molar-refractivity contribution < 1.29 is 8.78 Å². The Kier molecular flexibility index (Phi) is 2.13. The Labute approximate surface area is 89.1 Å². The molecule has 1 heterocycles. The van der Waals surface area contributed by atoms with Gasteiger partial charge in [-0.25, -0.2) is 0 Å². The first-order valence-corrected chi connectivity index (χ1v) is 5.96. The summed E-state index contributed by atoms with van der Waals surface area (Å²) in [6.45, 7) is 2.29. The first-order chi connectivity index (χ1) is 7.19. The largest absolute Gasteiger partial charge is 0.300 e. The van der Waals surface area contributed by atoms with E-state index in [0.717, 1.165) is 32.0 Å². The molecule has 0 bridgehead atoms. The third kappa shape index (κ3) is 1.71. The van der Waals surface area contributed by atoms with Crippen LogP contribution >= 0.6 is 0 Å². The molecule has 0 aromatic carbocycles. The summed E-state index contributed by atoms with van der Waals surface area (Å²) in [5.41, 5.74) is 0.694. The van der Waals surface area contributed by atoms with Crippen molar-refractivity contribution in [3.05, 3.63) is 11.7 Å². The molecule has 2 aliphatic carbocycles. The van der Waals surface area contributed by atoms with Gasteiger partial charge >= 0.3 is 0 Å². The molecule has 1 aliphatic heterocycles. The van der Waals surface area contributed by atoms with E-state index in [-0.39, 0.29) is 5.41 Å². The molecule has 0 aromatic rings. The Morgan fingerprint density at radius 3 is 2.20 bits per heavy atom. The minimum absolute atomic E-state index is 0.268. The van der Waals surface area contributed by atoms with Crippen molar-refractivity contribution in [2.75, 3.05) is 13.1 Å². The van der Waals surface area contributed by atoms with Crippen LogP contribution in [0.4, 0.5) is 8.78 Å². The zero-order valence-corrected chi connectivity index (χ0v) is 8.94. The molecule has 0 aromatic heterocycles. The van der Waals surface area contributed by atoms with Gasteiger partial charge in [-0.05, 0) is 62.6 Å². The summed E-state index contributed by atoms with van der Waals surface area (Å²) in [6, 6.07) is 0.843. The Morgan fingerprint density at radius 1 is 1.13 bits per heavy atom. The van der Waals surface area contributed by atoms with Gasteiger partial charge < -0.3 is 4.90 Å². The molecule has 0 N–H and O–H groups in total. The minimum atomic E-state index is -1.41. The molecule has 0 amide bonds. The average Bonchev–Trinajstić information content (AvgIpc) is 2.97. The van der Waals surface area contributed by atoms with Crippen molar-refractivity contribution in [3.63, 3.8) is 0 Å². The van der Waals surface area contributed by atoms with E-state index in [0.29, 0.717) is 18.4 Å². The van der Waals surface area contributed by atoms with Crippen LogP contribution in [0.2, 0.25) is 0 Å². The van der Waals surface area contributed by atoms with E-state index in [2.05, 4.69) is 4.90 Å². The summed E-state index contributed by atoms with van der Waals surface area (Å²) in [7, 11) is 0. The molecule has 1 saturated heterocycles. The van der Waals surface area contributed by atoms with Crippen molar-refractivity contribution in [2.24, 2.45) is 5.41 Å². The lowest BCUT2D eigenvalue weighted by Crippen LogP contribution is -2.45. The van der Waals surface area contributed by atoms with Crippen molar-refractivity contribution in [1.29, 1.82) is 0 Å². The number of hydrogen-bond acceptors (Lipinski definition) is 1. The standard InChI is InChI=1S/C12H17F2N/c13-11(14)9-7-12(8-9)3-5-15(6-4-12)10-1-2-10/h10H,1-8H2. The lowest BCUT2D eigenvalue weighted by Gasteiger charge is -2.49. The fraction of sp³-hybridized carbons (Fsp3) is 0.833. The molecular weight excluding hydrogens is 196 g/mol. The number of allylic oxidation sites excluding steroid dienone is 1. The van der Waals surface area contributed by atoms with Gasteiger partial charge in [-0.3, -0.25) is 0 Å². The average molecular weight is 213 g/mol. The molecule has 3 fully saturated rings. The molecule has 0 unspecified atom stereocenters.